The molecule has 1 aromatic carbocycles. The van der Waals surface area contributed by atoms with Crippen LogP contribution in [0.5, 0.6) is 5.75 Å². The Morgan fingerprint density at radius 3 is 2.85 bits per heavy atom. The molecule has 5 heteroatoms. The molecule has 0 amide bonds. The van der Waals surface area contributed by atoms with Gasteiger partial charge in [0.2, 0.25) is 0 Å². The van der Waals surface area contributed by atoms with Crippen LogP contribution in [0.25, 0.3) is 0 Å². The number of aromatic nitrogens is 3. The van der Waals surface area contributed by atoms with Crippen LogP contribution in [0.2, 0.25) is 0 Å². The Kier molecular flexibility index (Phi) is 4.74. The van der Waals surface area contributed by atoms with Crippen molar-refractivity contribution in [2.45, 2.75) is 45.9 Å². The zero-order chi connectivity index (χ0) is 14.5. The number of hydrogen-bond donors (Lipinski definition) is 1. The lowest BCUT2D eigenvalue weighted by Gasteiger charge is -2.15. The fourth-order valence-electron chi connectivity index (χ4n) is 2.06. The number of aryl methyl sites for hydroxylation is 1. The van der Waals surface area contributed by atoms with E-state index in [1.807, 2.05) is 38.1 Å². The molecule has 0 bridgehead atoms. The molecule has 0 saturated carbocycles. The predicted molar refractivity (Wildman–Crippen MR) is 76.6 cm³/mol. The van der Waals surface area contributed by atoms with Gasteiger partial charge in [-0.1, -0.05) is 24.3 Å². The van der Waals surface area contributed by atoms with Crippen LogP contribution in [0.3, 0.4) is 0 Å². The molecule has 0 aliphatic carbocycles. The average Bonchev–Trinajstić information content (AvgIpc) is 2.86. The summed E-state index contributed by atoms with van der Waals surface area (Å²) in [5, 5.41) is 18.4. The van der Waals surface area contributed by atoms with Crippen molar-refractivity contribution in [3.8, 4) is 5.75 Å². The minimum Gasteiger partial charge on any atom is -0.491 e. The van der Waals surface area contributed by atoms with Gasteiger partial charge in [0.25, 0.3) is 0 Å². The molecule has 108 valence electrons. The first-order valence-electron chi connectivity index (χ1n) is 6.95. The van der Waals surface area contributed by atoms with Gasteiger partial charge in [0.05, 0.1) is 18.0 Å². The van der Waals surface area contributed by atoms with Gasteiger partial charge in [-0.15, -0.1) is 5.10 Å². The molecule has 1 heterocycles. The topological polar surface area (TPSA) is 60.2 Å². The van der Waals surface area contributed by atoms with Crippen molar-refractivity contribution in [3.05, 3.63) is 41.7 Å². The van der Waals surface area contributed by atoms with Crippen LogP contribution in [0, 0.1) is 0 Å². The average molecular weight is 275 g/mol. The van der Waals surface area contributed by atoms with Gasteiger partial charge in [-0.3, -0.25) is 0 Å². The molecule has 0 saturated heterocycles. The lowest BCUT2D eigenvalue weighted by atomic mass is 10.1. The largest absolute Gasteiger partial charge is 0.491 e. The lowest BCUT2D eigenvalue weighted by molar-refractivity contribution is 0.205. The second-order valence-corrected chi connectivity index (χ2v) is 5.02. The predicted octanol–water partition coefficient (Wildman–Crippen LogP) is 2.56. The summed E-state index contributed by atoms with van der Waals surface area (Å²) >= 11 is 0. The minimum absolute atomic E-state index is 0.106. The highest BCUT2D eigenvalue weighted by Gasteiger charge is 2.16. The third-order valence-corrected chi connectivity index (χ3v) is 2.91. The molecule has 2 rings (SSSR count). The van der Waals surface area contributed by atoms with Crippen LogP contribution in [-0.4, -0.2) is 26.2 Å². The fourth-order valence-corrected chi connectivity index (χ4v) is 2.06. The summed E-state index contributed by atoms with van der Waals surface area (Å²) in [4.78, 5) is 0. The Bertz CT molecular complexity index is 552. The van der Waals surface area contributed by atoms with Crippen LogP contribution in [0.15, 0.2) is 30.5 Å². The first kappa shape index (κ1) is 14.5. The van der Waals surface area contributed by atoms with E-state index in [0.29, 0.717) is 5.69 Å². The van der Waals surface area contributed by atoms with E-state index >= 15 is 0 Å². The molecule has 5 nitrogen and oxygen atoms in total. The number of nitrogens with zero attached hydrogens (tertiary/aromatic N) is 3. The Morgan fingerprint density at radius 2 is 2.15 bits per heavy atom. The molecule has 1 unspecified atom stereocenters. The van der Waals surface area contributed by atoms with Crippen molar-refractivity contribution in [1.82, 2.24) is 15.0 Å². The standard InChI is InChI=1S/C15H21N3O2/c1-4-8-18-14(10-16-17-18)15(19)12-6-5-7-13(9-12)20-11(2)3/h5-7,9-11,15,19H,4,8H2,1-3H3. The zero-order valence-corrected chi connectivity index (χ0v) is 12.2. The number of rotatable bonds is 6. The molecular formula is C15H21N3O2. The SMILES string of the molecule is CCCn1nncc1C(O)c1cccc(OC(C)C)c1. The first-order chi connectivity index (χ1) is 9.61. The maximum atomic E-state index is 10.5. The molecule has 2 aromatic rings. The summed E-state index contributed by atoms with van der Waals surface area (Å²) < 4.78 is 7.39. The second-order valence-electron chi connectivity index (χ2n) is 5.02. The minimum atomic E-state index is -0.743. The molecule has 1 atom stereocenters. The highest BCUT2D eigenvalue weighted by molar-refractivity contribution is 5.33. The Balaban J connectivity index is 2.23. The Hall–Kier alpha value is -1.88. The number of benzene rings is 1. The number of hydrogen-bond acceptors (Lipinski definition) is 4. The van der Waals surface area contributed by atoms with Crippen LogP contribution < -0.4 is 4.74 Å². The van der Waals surface area contributed by atoms with Gasteiger partial charge < -0.3 is 9.84 Å². The third-order valence-electron chi connectivity index (χ3n) is 2.91. The summed E-state index contributed by atoms with van der Waals surface area (Å²) in [6, 6.07) is 7.50. The maximum absolute atomic E-state index is 10.5. The molecule has 0 aliphatic rings. The molecule has 1 N–H and O–H groups in total. The summed E-state index contributed by atoms with van der Waals surface area (Å²) in [6.45, 7) is 6.76. The maximum Gasteiger partial charge on any atom is 0.122 e. The van der Waals surface area contributed by atoms with E-state index in [1.54, 1.807) is 10.9 Å². The van der Waals surface area contributed by atoms with Gasteiger partial charge >= 0.3 is 0 Å². The zero-order valence-electron chi connectivity index (χ0n) is 12.2. The molecule has 0 fully saturated rings. The molecule has 20 heavy (non-hydrogen) atoms. The van der Waals surface area contributed by atoms with Gasteiger partial charge in [-0.25, -0.2) is 4.68 Å². The van der Waals surface area contributed by atoms with Crippen molar-refractivity contribution in [2.75, 3.05) is 0 Å². The fraction of sp³-hybridized carbons (Fsp3) is 0.467. The molecule has 0 radical (unpaired) electrons. The molecule has 0 spiro atoms. The van der Waals surface area contributed by atoms with Gasteiger partial charge in [-0.05, 0) is 38.0 Å². The lowest BCUT2D eigenvalue weighted by Crippen LogP contribution is -2.11. The van der Waals surface area contributed by atoms with Crippen LogP contribution in [0.4, 0.5) is 0 Å². The van der Waals surface area contributed by atoms with Gasteiger partial charge in [0.1, 0.15) is 11.9 Å². The molecule has 1 aromatic heterocycles. The van der Waals surface area contributed by atoms with E-state index < -0.39 is 6.10 Å². The quantitative estimate of drug-likeness (QED) is 0.880. The van der Waals surface area contributed by atoms with Crippen LogP contribution >= 0.6 is 0 Å². The smallest absolute Gasteiger partial charge is 0.122 e. The van der Waals surface area contributed by atoms with Crippen molar-refractivity contribution < 1.29 is 9.84 Å². The van der Waals surface area contributed by atoms with Crippen molar-refractivity contribution in [2.24, 2.45) is 0 Å². The number of ether oxygens (including phenoxy) is 1. The highest BCUT2D eigenvalue weighted by Crippen LogP contribution is 2.25. The molecular weight excluding hydrogens is 254 g/mol. The Morgan fingerprint density at radius 1 is 1.35 bits per heavy atom. The van der Waals surface area contributed by atoms with E-state index in [-0.39, 0.29) is 6.10 Å². The normalized spacial score (nSPS) is 12.7. The third kappa shape index (κ3) is 3.36. The van der Waals surface area contributed by atoms with E-state index in [4.69, 9.17) is 4.74 Å². The first-order valence-corrected chi connectivity index (χ1v) is 6.95. The van der Waals surface area contributed by atoms with Crippen molar-refractivity contribution >= 4 is 0 Å². The van der Waals surface area contributed by atoms with Gasteiger partial charge in [0, 0.05) is 6.54 Å². The van der Waals surface area contributed by atoms with Gasteiger partial charge in [0.15, 0.2) is 0 Å². The van der Waals surface area contributed by atoms with Crippen LogP contribution in [-0.2, 0) is 6.54 Å². The Labute approximate surface area is 119 Å². The number of aliphatic hydroxyl groups excluding tert-OH is 1. The summed E-state index contributed by atoms with van der Waals surface area (Å²) in [5.41, 5.74) is 1.48. The summed E-state index contributed by atoms with van der Waals surface area (Å²) in [6.07, 6.45) is 1.91. The highest BCUT2D eigenvalue weighted by atomic mass is 16.5. The van der Waals surface area contributed by atoms with Crippen LogP contribution in [0.1, 0.15) is 44.6 Å². The molecule has 0 aliphatic heterocycles. The van der Waals surface area contributed by atoms with E-state index in [1.165, 1.54) is 0 Å². The monoisotopic (exact) mass is 275 g/mol. The van der Waals surface area contributed by atoms with Gasteiger partial charge in [-0.2, -0.15) is 0 Å². The van der Waals surface area contributed by atoms with Crippen molar-refractivity contribution in [3.63, 3.8) is 0 Å². The summed E-state index contributed by atoms with van der Waals surface area (Å²) in [5.74, 6) is 0.756. The van der Waals surface area contributed by atoms with E-state index in [9.17, 15) is 5.11 Å². The van der Waals surface area contributed by atoms with Crippen molar-refractivity contribution in [1.29, 1.82) is 0 Å². The van der Waals surface area contributed by atoms with E-state index in [0.717, 1.165) is 24.3 Å². The summed E-state index contributed by atoms with van der Waals surface area (Å²) in [7, 11) is 0. The van der Waals surface area contributed by atoms with E-state index in [2.05, 4.69) is 17.2 Å². The number of aliphatic hydroxyl groups is 1. The second kappa shape index (κ2) is 6.52.